The number of nitrogens with one attached hydrogen (secondary N) is 1. The number of hydrogen-bond donors (Lipinski definition) is 2. The third-order valence-electron chi connectivity index (χ3n) is 13.1. The summed E-state index contributed by atoms with van der Waals surface area (Å²) in [5.74, 6) is -6.38. The summed E-state index contributed by atoms with van der Waals surface area (Å²) < 4.78 is 200. The molecule has 3 N–H and O–H groups in total. The van der Waals surface area contributed by atoms with Gasteiger partial charge in [0.1, 0.15) is 40.9 Å². The number of hydrogen-bond acceptors (Lipinski definition) is 10. The molecule has 5 aromatic rings. The molecular weight excluding hydrogens is 1060 g/mol. The lowest BCUT2D eigenvalue weighted by molar-refractivity contribution is -0.143. The molecular formula is C46H46ClF10N9O6S2. The summed E-state index contributed by atoms with van der Waals surface area (Å²) in [6.07, 6.45) is -8.84. The first kappa shape index (κ1) is 55.8. The Labute approximate surface area is 422 Å². The number of carbonyl (C=O) groups excluding carboxylic acids is 2. The standard InChI is InChI=1S/C46H46ClF10N9O6S2/c1-23-24(2)45(53,54)40-35(23)39(46(55,56)57)61-64(40)21-34(67)60-33(18-25-16-26(48)19-27(49)17-25)37-30(10-9-28(59-37)13-14-43(3,4)73(5,69)70)31-11-12-32(47)36-38(31)65(22-44(50,51)52)62-41(36)66(74(6,71)72)42(68)63-15-7-8-29(63)20-58/h9-12,16-17,19,23-24,29,33H,7-8,15,18,20-22,58H2,1-6H3,(H,60,67)/t23-,24+,29-,33-/m0/s1. The zero-order chi connectivity index (χ0) is 55.0. The smallest absolute Gasteiger partial charge is 0.346 e. The van der Waals surface area contributed by atoms with E-state index in [-0.39, 0.29) is 44.5 Å². The number of amides is 3. The van der Waals surface area contributed by atoms with Crippen molar-refractivity contribution in [2.45, 2.75) is 101 Å². The first-order valence-corrected chi connectivity index (χ1v) is 26.5. The number of benzene rings is 2. The molecule has 2 aromatic carbocycles. The van der Waals surface area contributed by atoms with Crippen LogP contribution in [0, 0.1) is 29.4 Å². The zero-order valence-electron chi connectivity index (χ0n) is 39.9. The minimum atomic E-state index is -5.26. The number of nitrogens with zero attached hydrogens (tertiary/aromatic N) is 7. The second-order valence-electron chi connectivity index (χ2n) is 18.7. The minimum Gasteiger partial charge on any atom is -0.346 e. The van der Waals surface area contributed by atoms with Gasteiger partial charge in [0.15, 0.2) is 21.3 Å². The molecule has 3 amide bonds. The largest absolute Gasteiger partial charge is 0.435 e. The van der Waals surface area contributed by atoms with E-state index in [0.717, 1.165) is 49.3 Å². The molecule has 0 radical (unpaired) electrons. The van der Waals surface area contributed by atoms with Crippen LogP contribution in [0.25, 0.3) is 22.0 Å². The van der Waals surface area contributed by atoms with E-state index in [1.165, 1.54) is 26.0 Å². The van der Waals surface area contributed by atoms with E-state index in [1.54, 1.807) is 0 Å². The third-order valence-corrected chi connectivity index (χ3v) is 16.3. The highest BCUT2D eigenvalue weighted by molar-refractivity contribution is 7.93. The first-order chi connectivity index (χ1) is 34.0. The van der Waals surface area contributed by atoms with Crippen molar-refractivity contribution in [3.63, 3.8) is 0 Å². The molecule has 0 saturated carbocycles. The average Bonchev–Trinajstić information content (AvgIpc) is 4.03. The van der Waals surface area contributed by atoms with E-state index in [9.17, 15) is 61.5 Å². The van der Waals surface area contributed by atoms with Gasteiger partial charge in [-0.05, 0) is 80.8 Å². The average molecular weight is 1110 g/mol. The number of sulfonamides is 1. The summed E-state index contributed by atoms with van der Waals surface area (Å²) in [6, 6.07) is 3.01. The van der Waals surface area contributed by atoms with Gasteiger partial charge in [-0.15, -0.1) is 0 Å². The Morgan fingerprint density at radius 3 is 2.18 bits per heavy atom. The van der Waals surface area contributed by atoms with Crippen molar-refractivity contribution in [3.05, 3.63) is 93.0 Å². The second kappa shape index (κ2) is 19.6. The van der Waals surface area contributed by atoms with Gasteiger partial charge in [-0.2, -0.15) is 49.6 Å². The number of halogens is 11. The van der Waals surface area contributed by atoms with Gasteiger partial charge in [-0.1, -0.05) is 37.4 Å². The van der Waals surface area contributed by atoms with Crippen LogP contribution >= 0.6 is 11.6 Å². The number of urea groups is 1. The van der Waals surface area contributed by atoms with Crippen molar-refractivity contribution in [3.8, 4) is 23.0 Å². The highest BCUT2D eigenvalue weighted by Crippen LogP contribution is 2.55. The molecule has 1 fully saturated rings. The lowest BCUT2D eigenvalue weighted by Gasteiger charge is -2.29. The van der Waals surface area contributed by atoms with Gasteiger partial charge in [-0.3, -0.25) is 14.2 Å². The zero-order valence-corrected chi connectivity index (χ0v) is 42.3. The quantitative estimate of drug-likeness (QED) is 0.0908. The van der Waals surface area contributed by atoms with Crippen LogP contribution in [0.3, 0.4) is 0 Å². The van der Waals surface area contributed by atoms with E-state index >= 15 is 8.78 Å². The second-order valence-corrected chi connectivity index (χ2v) is 23.5. The SMILES string of the molecule is C[C@@H]1c2c(C(F)(F)F)nn(CC(=O)N[C@@H](Cc3cc(F)cc(F)c3)c3nc(C#CC(C)(C)S(C)(=O)=O)ccc3-c3ccc(Cl)c4c(N(C(=O)N5CCC[C@H]5CN)S(C)(=O)=O)nn(CC(F)(F)F)c34)c2C(F)(F)[C@@H]1C. The van der Waals surface area contributed by atoms with Crippen molar-refractivity contribution in [2.24, 2.45) is 11.7 Å². The molecule has 0 bridgehead atoms. The number of pyridine rings is 1. The van der Waals surface area contributed by atoms with Crippen molar-refractivity contribution in [2.75, 3.05) is 29.9 Å². The van der Waals surface area contributed by atoms with E-state index in [4.69, 9.17) is 17.3 Å². The molecule has 74 heavy (non-hydrogen) atoms. The van der Waals surface area contributed by atoms with Gasteiger partial charge < -0.3 is 16.0 Å². The molecule has 4 atom stereocenters. The fourth-order valence-corrected chi connectivity index (χ4v) is 10.3. The number of aromatic nitrogens is 5. The summed E-state index contributed by atoms with van der Waals surface area (Å²) in [5, 5.41) is 8.90. The fourth-order valence-electron chi connectivity index (χ4n) is 9.01. The predicted octanol–water partition coefficient (Wildman–Crippen LogP) is 8.24. The molecule has 3 aromatic heterocycles. The molecule has 0 unspecified atom stereocenters. The number of likely N-dealkylation sites (tertiary alicyclic amines) is 1. The lowest BCUT2D eigenvalue weighted by Crippen LogP contribution is -2.50. The summed E-state index contributed by atoms with van der Waals surface area (Å²) in [5.41, 5.74) is -0.0517. The Morgan fingerprint density at radius 1 is 0.959 bits per heavy atom. The Bertz CT molecular complexity index is 3350. The summed E-state index contributed by atoms with van der Waals surface area (Å²) >= 11 is 6.72. The molecule has 2 aliphatic rings. The Balaban J connectivity index is 1.50. The van der Waals surface area contributed by atoms with Gasteiger partial charge in [0.05, 0.1) is 33.9 Å². The van der Waals surface area contributed by atoms with Crippen LogP contribution in [0.4, 0.5) is 54.5 Å². The van der Waals surface area contributed by atoms with Crippen LogP contribution in [0.1, 0.15) is 86.4 Å². The van der Waals surface area contributed by atoms with Crippen LogP contribution in [0.2, 0.25) is 5.02 Å². The molecule has 400 valence electrons. The van der Waals surface area contributed by atoms with E-state index in [1.807, 2.05) is 0 Å². The van der Waals surface area contributed by atoms with E-state index in [0.29, 0.717) is 29.8 Å². The summed E-state index contributed by atoms with van der Waals surface area (Å²) in [6.45, 7) is 1.27. The van der Waals surface area contributed by atoms with Gasteiger partial charge in [0, 0.05) is 54.1 Å². The topological polar surface area (TPSA) is 195 Å². The molecule has 7 rings (SSSR count). The maximum atomic E-state index is 15.8. The number of fused-ring (bicyclic) bond motifs is 2. The normalized spacial score (nSPS) is 18.6. The molecule has 0 spiro atoms. The number of sulfone groups is 1. The number of carbonyl (C=O) groups is 2. The predicted molar refractivity (Wildman–Crippen MR) is 251 cm³/mol. The van der Waals surface area contributed by atoms with E-state index < -0.39 is 154 Å². The number of alkyl halides is 8. The Kier molecular flexibility index (Phi) is 14.8. The summed E-state index contributed by atoms with van der Waals surface area (Å²) in [7, 11) is -8.68. The fraction of sp³-hybridized carbons (Fsp3) is 0.457. The van der Waals surface area contributed by atoms with Gasteiger partial charge in [0.25, 0.3) is 5.92 Å². The highest BCUT2D eigenvalue weighted by Gasteiger charge is 2.57. The Hall–Kier alpha value is -5.98. The molecule has 28 heteroatoms. The van der Waals surface area contributed by atoms with Crippen molar-refractivity contribution in [1.29, 1.82) is 0 Å². The van der Waals surface area contributed by atoms with Gasteiger partial charge in [-0.25, -0.2) is 35.4 Å². The lowest BCUT2D eigenvalue weighted by atomic mass is 9.93. The minimum absolute atomic E-state index is 0.00783. The number of anilines is 1. The van der Waals surface area contributed by atoms with E-state index in [2.05, 4.69) is 32.3 Å². The molecule has 1 aliphatic heterocycles. The van der Waals surface area contributed by atoms with Gasteiger partial charge >= 0.3 is 18.4 Å². The van der Waals surface area contributed by atoms with Crippen molar-refractivity contribution >= 4 is 60.1 Å². The summed E-state index contributed by atoms with van der Waals surface area (Å²) in [4.78, 5) is 34.2. The van der Waals surface area contributed by atoms with Crippen molar-refractivity contribution in [1.82, 2.24) is 34.8 Å². The Morgan fingerprint density at radius 2 is 1.59 bits per heavy atom. The highest BCUT2D eigenvalue weighted by atomic mass is 35.5. The van der Waals surface area contributed by atoms with Crippen LogP contribution in [0.5, 0.6) is 0 Å². The maximum absolute atomic E-state index is 15.8. The maximum Gasteiger partial charge on any atom is 0.435 e. The molecule has 1 saturated heterocycles. The van der Waals surface area contributed by atoms with Crippen molar-refractivity contribution < 1.29 is 70.3 Å². The monoisotopic (exact) mass is 1110 g/mol. The first-order valence-electron chi connectivity index (χ1n) is 22.4. The van der Waals surface area contributed by atoms with Gasteiger partial charge in [0.2, 0.25) is 15.9 Å². The molecule has 15 nitrogen and oxygen atoms in total. The van der Waals surface area contributed by atoms with Crippen LogP contribution in [0.15, 0.2) is 42.5 Å². The third kappa shape index (κ3) is 10.9. The van der Waals surface area contributed by atoms with Crippen LogP contribution < -0.4 is 15.4 Å². The molecule has 1 aliphatic carbocycles. The molecule has 4 heterocycles. The number of nitrogens with two attached hydrogens (primary N) is 1. The number of rotatable bonds is 12. The van der Waals surface area contributed by atoms with Crippen LogP contribution in [-0.2, 0) is 56.3 Å². The van der Waals surface area contributed by atoms with Crippen LogP contribution in [-0.4, -0.2) is 101 Å².